The number of aryl methyl sites for hydroxylation is 1. The molecule has 0 aromatic heterocycles. The van der Waals surface area contributed by atoms with Gasteiger partial charge in [0.05, 0.1) is 11.4 Å². The van der Waals surface area contributed by atoms with Crippen molar-refractivity contribution in [2.75, 3.05) is 10.5 Å². The van der Waals surface area contributed by atoms with E-state index < -0.39 is 10.0 Å². The van der Waals surface area contributed by atoms with Crippen molar-refractivity contribution in [3.05, 3.63) is 28.8 Å². The maximum Gasteiger partial charge on any atom is 0.232 e. The Balaban J connectivity index is 2.57. The molecule has 0 bridgehead atoms. The van der Waals surface area contributed by atoms with Gasteiger partial charge in [-0.2, -0.15) is 0 Å². The first-order valence-electron chi connectivity index (χ1n) is 6.97. The average Bonchev–Trinajstić information content (AvgIpc) is 2.43. The molecule has 4 heteroatoms. The van der Waals surface area contributed by atoms with Gasteiger partial charge in [-0.25, -0.2) is 8.42 Å². The summed E-state index contributed by atoms with van der Waals surface area (Å²) in [5, 5.41) is 0. The Morgan fingerprint density at radius 3 is 2.21 bits per heavy atom. The van der Waals surface area contributed by atoms with E-state index in [9.17, 15) is 8.42 Å². The number of fused-ring (bicyclic) bond motifs is 1. The molecule has 1 aliphatic rings. The standard InChI is InChI=1S/C15H23NO2S/c1-10(2)13-8-12-6-5-7-19(17,18)16-15(12)9-14(13)11(3)4/h8-11,16H,5-7H2,1-4H3. The van der Waals surface area contributed by atoms with Crippen LogP contribution < -0.4 is 4.72 Å². The molecule has 0 amide bonds. The lowest BCUT2D eigenvalue weighted by Crippen LogP contribution is -2.15. The average molecular weight is 281 g/mol. The first-order chi connectivity index (χ1) is 8.80. The second kappa shape index (κ2) is 5.16. The van der Waals surface area contributed by atoms with E-state index >= 15 is 0 Å². The predicted molar refractivity (Wildman–Crippen MR) is 80.4 cm³/mol. The molecule has 1 aromatic rings. The highest BCUT2D eigenvalue weighted by atomic mass is 32.2. The maximum absolute atomic E-state index is 11.8. The molecule has 19 heavy (non-hydrogen) atoms. The molecule has 1 aliphatic heterocycles. The first kappa shape index (κ1) is 14.4. The van der Waals surface area contributed by atoms with Crippen LogP contribution in [0.1, 0.15) is 62.6 Å². The van der Waals surface area contributed by atoms with Crippen molar-refractivity contribution >= 4 is 15.7 Å². The van der Waals surface area contributed by atoms with Crippen molar-refractivity contribution in [1.82, 2.24) is 0 Å². The summed E-state index contributed by atoms with van der Waals surface area (Å²) in [6.07, 6.45) is 1.53. The van der Waals surface area contributed by atoms with E-state index in [2.05, 4.69) is 38.5 Å². The second-order valence-corrected chi connectivity index (χ2v) is 7.81. The fraction of sp³-hybridized carbons (Fsp3) is 0.600. The van der Waals surface area contributed by atoms with Crippen molar-refractivity contribution < 1.29 is 8.42 Å². The van der Waals surface area contributed by atoms with Crippen LogP contribution in [0.4, 0.5) is 5.69 Å². The third-order valence-electron chi connectivity index (χ3n) is 3.68. The molecule has 3 nitrogen and oxygen atoms in total. The third kappa shape index (κ3) is 3.11. The van der Waals surface area contributed by atoms with Crippen LogP contribution in [0.3, 0.4) is 0 Å². The van der Waals surface area contributed by atoms with Crippen LogP contribution in [0.15, 0.2) is 12.1 Å². The van der Waals surface area contributed by atoms with E-state index in [4.69, 9.17) is 0 Å². The van der Waals surface area contributed by atoms with E-state index in [-0.39, 0.29) is 5.75 Å². The number of nitrogens with one attached hydrogen (secondary N) is 1. The molecule has 0 atom stereocenters. The molecule has 0 unspecified atom stereocenters. The van der Waals surface area contributed by atoms with Crippen LogP contribution in [-0.2, 0) is 16.4 Å². The smallest absolute Gasteiger partial charge is 0.232 e. The number of hydrogen-bond donors (Lipinski definition) is 1. The van der Waals surface area contributed by atoms with E-state index in [1.807, 2.05) is 6.07 Å². The first-order valence-corrected chi connectivity index (χ1v) is 8.62. The van der Waals surface area contributed by atoms with Gasteiger partial charge < -0.3 is 0 Å². The van der Waals surface area contributed by atoms with Gasteiger partial charge in [0.15, 0.2) is 0 Å². The van der Waals surface area contributed by atoms with E-state index in [1.54, 1.807) is 0 Å². The Bertz CT molecular complexity index is 574. The summed E-state index contributed by atoms with van der Waals surface area (Å²) in [6, 6.07) is 4.24. The maximum atomic E-state index is 11.8. The molecular weight excluding hydrogens is 258 g/mol. The van der Waals surface area contributed by atoms with Gasteiger partial charge in [-0.3, -0.25) is 4.72 Å². The molecule has 1 aromatic carbocycles. The Kier molecular flexibility index (Phi) is 3.90. The normalized spacial score (nSPS) is 18.0. The largest absolute Gasteiger partial charge is 0.283 e. The minimum absolute atomic E-state index is 0.218. The number of sulfonamides is 1. The van der Waals surface area contributed by atoms with Gasteiger partial charge in [-0.15, -0.1) is 0 Å². The summed E-state index contributed by atoms with van der Waals surface area (Å²) in [7, 11) is -3.16. The van der Waals surface area contributed by atoms with Crippen LogP contribution >= 0.6 is 0 Å². The summed E-state index contributed by atoms with van der Waals surface area (Å²) >= 11 is 0. The summed E-state index contributed by atoms with van der Waals surface area (Å²) in [4.78, 5) is 0. The molecule has 2 rings (SSSR count). The lowest BCUT2D eigenvalue weighted by atomic mass is 9.87. The van der Waals surface area contributed by atoms with Crippen LogP contribution in [0.25, 0.3) is 0 Å². The van der Waals surface area contributed by atoms with Gasteiger partial charge in [-0.05, 0) is 47.4 Å². The van der Waals surface area contributed by atoms with Gasteiger partial charge in [0.25, 0.3) is 0 Å². The van der Waals surface area contributed by atoms with Gasteiger partial charge in [0, 0.05) is 0 Å². The predicted octanol–water partition coefficient (Wildman–Crippen LogP) is 3.62. The quantitative estimate of drug-likeness (QED) is 0.900. The third-order valence-corrected chi connectivity index (χ3v) is 5.03. The topological polar surface area (TPSA) is 46.2 Å². The molecule has 0 aliphatic carbocycles. The molecular formula is C15H23NO2S. The summed E-state index contributed by atoms with van der Waals surface area (Å²) in [5.41, 5.74) is 4.51. The van der Waals surface area contributed by atoms with E-state index in [0.29, 0.717) is 18.3 Å². The van der Waals surface area contributed by atoms with Crippen molar-refractivity contribution in [1.29, 1.82) is 0 Å². The van der Waals surface area contributed by atoms with Crippen LogP contribution in [0, 0.1) is 0 Å². The van der Waals surface area contributed by atoms with Crippen molar-refractivity contribution in [3.8, 4) is 0 Å². The van der Waals surface area contributed by atoms with Crippen LogP contribution in [-0.4, -0.2) is 14.2 Å². The summed E-state index contributed by atoms with van der Waals surface area (Å²) in [5.74, 6) is 1.08. The van der Waals surface area contributed by atoms with Crippen molar-refractivity contribution in [2.45, 2.75) is 52.4 Å². The molecule has 0 radical (unpaired) electrons. The highest BCUT2D eigenvalue weighted by molar-refractivity contribution is 7.92. The zero-order valence-corrected chi connectivity index (χ0v) is 13.0. The van der Waals surface area contributed by atoms with E-state index in [1.165, 1.54) is 11.1 Å². The second-order valence-electron chi connectivity index (χ2n) is 5.97. The van der Waals surface area contributed by atoms with Gasteiger partial charge in [-0.1, -0.05) is 33.8 Å². The molecule has 106 valence electrons. The van der Waals surface area contributed by atoms with Crippen LogP contribution in [0.2, 0.25) is 0 Å². The van der Waals surface area contributed by atoms with Crippen molar-refractivity contribution in [2.24, 2.45) is 0 Å². The number of anilines is 1. The minimum atomic E-state index is -3.16. The molecule has 0 saturated heterocycles. The highest BCUT2D eigenvalue weighted by Gasteiger charge is 2.21. The van der Waals surface area contributed by atoms with Gasteiger partial charge in [0.2, 0.25) is 10.0 Å². The fourth-order valence-corrected chi connectivity index (χ4v) is 3.80. The molecule has 1 N–H and O–H groups in total. The number of hydrogen-bond acceptors (Lipinski definition) is 2. The molecule has 0 saturated carbocycles. The Morgan fingerprint density at radius 1 is 1.05 bits per heavy atom. The zero-order chi connectivity index (χ0) is 14.2. The Labute approximate surface area is 116 Å². The lowest BCUT2D eigenvalue weighted by molar-refractivity contribution is 0.599. The summed E-state index contributed by atoms with van der Waals surface area (Å²) in [6.45, 7) is 8.68. The molecule has 0 spiro atoms. The Morgan fingerprint density at radius 2 is 1.63 bits per heavy atom. The molecule has 1 heterocycles. The zero-order valence-electron chi connectivity index (χ0n) is 12.2. The summed E-state index contributed by atoms with van der Waals surface area (Å²) < 4.78 is 26.4. The Hall–Kier alpha value is -1.03. The van der Waals surface area contributed by atoms with Gasteiger partial charge in [0.1, 0.15) is 0 Å². The van der Waals surface area contributed by atoms with Crippen molar-refractivity contribution in [3.63, 3.8) is 0 Å². The number of benzene rings is 1. The van der Waals surface area contributed by atoms with Gasteiger partial charge >= 0.3 is 0 Å². The SMILES string of the molecule is CC(C)c1cc2c(cc1C(C)C)NS(=O)(=O)CCC2. The number of rotatable bonds is 2. The monoisotopic (exact) mass is 281 g/mol. The van der Waals surface area contributed by atoms with Crippen LogP contribution in [0.5, 0.6) is 0 Å². The lowest BCUT2D eigenvalue weighted by Gasteiger charge is -2.20. The highest BCUT2D eigenvalue weighted by Crippen LogP contribution is 2.33. The fourth-order valence-electron chi connectivity index (χ4n) is 2.65. The van der Waals surface area contributed by atoms with E-state index in [0.717, 1.165) is 17.7 Å². The molecule has 0 fully saturated rings. The minimum Gasteiger partial charge on any atom is -0.283 e.